The topological polar surface area (TPSA) is 42.4 Å². The van der Waals surface area contributed by atoms with Crippen LogP contribution in [0.3, 0.4) is 0 Å². The summed E-state index contributed by atoms with van der Waals surface area (Å²) in [6.07, 6.45) is 3.07. The molecule has 0 spiro atoms. The van der Waals surface area contributed by atoms with E-state index in [0.717, 1.165) is 17.1 Å². The number of aliphatic hydroxyl groups is 1. The average molecular weight is 313 g/mol. The fourth-order valence-corrected chi connectivity index (χ4v) is 5.13. The smallest absolute Gasteiger partial charge is 0.138 e. The van der Waals surface area contributed by atoms with E-state index in [-0.39, 0.29) is 11.4 Å². The van der Waals surface area contributed by atoms with Crippen LogP contribution in [-0.4, -0.2) is 37.7 Å². The van der Waals surface area contributed by atoms with Crippen molar-refractivity contribution in [1.82, 2.24) is 4.98 Å². The molecule has 1 aliphatic heterocycles. The maximum absolute atomic E-state index is 10.6. The predicted molar refractivity (Wildman–Crippen MR) is 87.7 cm³/mol. The molecule has 1 N–H and O–H groups in total. The molecule has 0 radical (unpaired) electrons. The van der Waals surface area contributed by atoms with Crippen molar-refractivity contribution in [1.29, 1.82) is 0 Å². The fourth-order valence-electron chi connectivity index (χ4n) is 2.12. The number of rotatable bonds is 4. The molecule has 1 saturated heterocycles. The second kappa shape index (κ2) is 7.05. The molecule has 0 aliphatic carbocycles. The van der Waals surface area contributed by atoms with Crippen molar-refractivity contribution in [3.63, 3.8) is 0 Å². The van der Waals surface area contributed by atoms with Crippen LogP contribution in [0.5, 0.6) is 5.75 Å². The van der Waals surface area contributed by atoms with Crippen molar-refractivity contribution in [2.75, 3.05) is 5.75 Å². The van der Waals surface area contributed by atoms with E-state index in [9.17, 15) is 5.11 Å². The first-order valence-electron chi connectivity index (χ1n) is 7.04. The zero-order valence-electron chi connectivity index (χ0n) is 12.4. The lowest BCUT2D eigenvalue weighted by Gasteiger charge is -2.33. The van der Waals surface area contributed by atoms with Gasteiger partial charge in [-0.05, 0) is 19.9 Å². The molecular weight excluding hydrogens is 290 g/mol. The van der Waals surface area contributed by atoms with Crippen molar-refractivity contribution < 1.29 is 9.84 Å². The molecule has 112 valence electrons. The van der Waals surface area contributed by atoms with Gasteiger partial charge in [-0.15, -0.1) is 0 Å². The van der Waals surface area contributed by atoms with Gasteiger partial charge in [0.05, 0.1) is 18.4 Å². The Morgan fingerprint density at radius 1 is 1.30 bits per heavy atom. The summed E-state index contributed by atoms with van der Waals surface area (Å²) >= 11 is 3.82. The largest absolute Gasteiger partial charge is 0.489 e. The molecule has 0 bridgehead atoms. The number of aliphatic hydroxyl groups excluding tert-OH is 1. The van der Waals surface area contributed by atoms with Crippen molar-refractivity contribution in [2.45, 2.75) is 55.7 Å². The van der Waals surface area contributed by atoms with Crippen LogP contribution in [0.2, 0.25) is 0 Å². The van der Waals surface area contributed by atoms with E-state index >= 15 is 0 Å². The highest BCUT2D eigenvalue weighted by Gasteiger charge is 2.31. The Morgan fingerprint density at radius 3 is 2.70 bits per heavy atom. The van der Waals surface area contributed by atoms with Crippen LogP contribution in [0, 0.1) is 0 Å². The van der Waals surface area contributed by atoms with Gasteiger partial charge in [0, 0.05) is 33.3 Å². The molecule has 0 amide bonds. The van der Waals surface area contributed by atoms with Gasteiger partial charge in [-0.25, -0.2) is 0 Å². The van der Waals surface area contributed by atoms with Crippen molar-refractivity contribution in [3.8, 4) is 5.75 Å². The van der Waals surface area contributed by atoms with Gasteiger partial charge in [0.15, 0.2) is 0 Å². The van der Waals surface area contributed by atoms with E-state index in [4.69, 9.17) is 4.74 Å². The summed E-state index contributed by atoms with van der Waals surface area (Å²) in [7, 11) is 0. The second-order valence-electron chi connectivity index (χ2n) is 5.48. The summed E-state index contributed by atoms with van der Waals surface area (Å²) in [5.74, 6) is 1.71. The Kier molecular flexibility index (Phi) is 5.64. The van der Waals surface area contributed by atoms with Crippen LogP contribution in [-0.2, 0) is 0 Å². The highest BCUT2D eigenvalue weighted by atomic mass is 32.2. The third-order valence-electron chi connectivity index (χ3n) is 3.37. The molecule has 1 aromatic rings. The minimum absolute atomic E-state index is 0.115. The first-order chi connectivity index (χ1) is 9.47. The minimum atomic E-state index is -0.481. The van der Waals surface area contributed by atoms with Crippen LogP contribution in [0.4, 0.5) is 0 Å². The van der Waals surface area contributed by atoms with Crippen LogP contribution in [0.15, 0.2) is 18.5 Å². The van der Waals surface area contributed by atoms with Gasteiger partial charge in [0.1, 0.15) is 5.75 Å². The van der Waals surface area contributed by atoms with E-state index in [1.165, 1.54) is 0 Å². The molecule has 1 aliphatic rings. The Hall–Kier alpha value is -0.390. The maximum Gasteiger partial charge on any atom is 0.138 e. The summed E-state index contributed by atoms with van der Waals surface area (Å²) in [4.78, 5) is 4.19. The molecule has 4 atom stereocenters. The lowest BCUT2D eigenvalue weighted by Crippen LogP contribution is -2.30. The van der Waals surface area contributed by atoms with E-state index in [1.54, 1.807) is 12.4 Å². The predicted octanol–water partition coefficient (Wildman–Crippen LogP) is 3.53. The Bertz CT molecular complexity index is 442. The number of nitrogens with zero attached hydrogens (tertiary/aromatic N) is 1. The minimum Gasteiger partial charge on any atom is -0.489 e. The van der Waals surface area contributed by atoms with E-state index in [1.807, 2.05) is 43.4 Å². The molecule has 1 fully saturated rings. The third-order valence-corrected chi connectivity index (χ3v) is 6.85. The van der Waals surface area contributed by atoms with Gasteiger partial charge in [0.25, 0.3) is 0 Å². The summed E-state index contributed by atoms with van der Waals surface area (Å²) in [5, 5.41) is 12.0. The first kappa shape index (κ1) is 16.0. The van der Waals surface area contributed by atoms with Gasteiger partial charge in [0.2, 0.25) is 0 Å². The molecule has 3 nitrogen and oxygen atoms in total. The lowest BCUT2D eigenvalue weighted by atomic mass is 10.1. The van der Waals surface area contributed by atoms with Crippen molar-refractivity contribution >= 4 is 23.5 Å². The molecule has 1 aromatic heterocycles. The molecular formula is C15H23NO2S2. The zero-order chi connectivity index (χ0) is 14.7. The van der Waals surface area contributed by atoms with Crippen LogP contribution < -0.4 is 4.74 Å². The number of aromatic nitrogens is 1. The summed E-state index contributed by atoms with van der Waals surface area (Å²) in [5.41, 5.74) is 0.850. The molecule has 2 rings (SSSR count). The number of ether oxygens (including phenoxy) is 1. The van der Waals surface area contributed by atoms with Crippen LogP contribution in [0.1, 0.15) is 39.4 Å². The van der Waals surface area contributed by atoms with Gasteiger partial charge in [-0.2, -0.15) is 23.5 Å². The van der Waals surface area contributed by atoms with Gasteiger partial charge >= 0.3 is 0 Å². The van der Waals surface area contributed by atoms with Gasteiger partial charge in [-0.1, -0.05) is 13.8 Å². The number of hydrogen-bond donors (Lipinski definition) is 1. The summed E-state index contributed by atoms with van der Waals surface area (Å²) in [6.45, 7) is 8.46. The Morgan fingerprint density at radius 2 is 2.05 bits per heavy atom. The van der Waals surface area contributed by atoms with Gasteiger partial charge in [-0.3, -0.25) is 4.98 Å². The lowest BCUT2D eigenvalue weighted by molar-refractivity contribution is 0.178. The zero-order valence-corrected chi connectivity index (χ0v) is 14.1. The maximum atomic E-state index is 10.6. The monoisotopic (exact) mass is 313 g/mol. The Balaban J connectivity index is 2.07. The van der Waals surface area contributed by atoms with E-state index in [0.29, 0.717) is 10.5 Å². The van der Waals surface area contributed by atoms with E-state index < -0.39 is 6.10 Å². The molecule has 0 aromatic carbocycles. The molecule has 20 heavy (non-hydrogen) atoms. The van der Waals surface area contributed by atoms with E-state index in [2.05, 4.69) is 18.8 Å². The first-order valence-corrected chi connectivity index (χ1v) is 9.03. The highest BCUT2D eigenvalue weighted by molar-refractivity contribution is 8.07. The quantitative estimate of drug-likeness (QED) is 0.921. The van der Waals surface area contributed by atoms with Crippen LogP contribution >= 0.6 is 23.5 Å². The molecule has 5 heteroatoms. The summed E-state index contributed by atoms with van der Waals surface area (Å²) in [6, 6.07) is 1.91. The summed E-state index contributed by atoms with van der Waals surface area (Å²) < 4.78 is 5.64. The third kappa shape index (κ3) is 4.06. The van der Waals surface area contributed by atoms with Crippen LogP contribution in [0.25, 0.3) is 0 Å². The Labute approximate surface area is 129 Å². The number of hydrogen-bond acceptors (Lipinski definition) is 5. The standard InChI is InChI=1S/C15H23NO2S2/c1-9(2)18-13-5-12(6-16-7-13)15(17)14-8-19-10(3)11(4)20-14/h5-7,9-11,14-15,17H,8H2,1-4H3. The molecule has 0 saturated carbocycles. The molecule has 4 unspecified atom stereocenters. The number of thioether (sulfide) groups is 2. The molecule has 2 heterocycles. The fraction of sp³-hybridized carbons (Fsp3) is 0.667. The average Bonchev–Trinajstić information content (AvgIpc) is 2.40. The SMILES string of the molecule is CC(C)Oc1cncc(C(O)C2CSC(C)C(C)S2)c1. The normalized spacial score (nSPS) is 28.4. The number of pyridine rings is 1. The van der Waals surface area contributed by atoms with Gasteiger partial charge < -0.3 is 9.84 Å². The second-order valence-corrected chi connectivity index (χ2v) is 8.51. The van der Waals surface area contributed by atoms with Crippen molar-refractivity contribution in [2.24, 2.45) is 0 Å². The van der Waals surface area contributed by atoms with Crippen molar-refractivity contribution in [3.05, 3.63) is 24.0 Å². The highest BCUT2D eigenvalue weighted by Crippen LogP contribution is 2.41.